The molecule has 4 fully saturated rings. The zero-order chi connectivity index (χ0) is 44.8. The molecular formula is C50H64N8O6. The minimum atomic E-state index is -0.690. The molecule has 14 nitrogen and oxygen atoms in total. The van der Waals surface area contributed by atoms with Crippen molar-refractivity contribution in [3.63, 3.8) is 0 Å². The molecule has 2 saturated heterocycles. The lowest BCUT2D eigenvalue weighted by atomic mass is 9.85. The van der Waals surface area contributed by atoms with E-state index in [9.17, 15) is 19.2 Å². The molecule has 0 spiro atoms. The van der Waals surface area contributed by atoms with Crippen molar-refractivity contribution in [2.45, 2.75) is 141 Å². The number of amides is 4. The minimum Gasteiger partial charge on any atom is -0.453 e. The van der Waals surface area contributed by atoms with Gasteiger partial charge in [0.15, 0.2) is 0 Å². The van der Waals surface area contributed by atoms with Crippen LogP contribution in [0.5, 0.6) is 0 Å². The van der Waals surface area contributed by atoms with Crippen LogP contribution in [0.15, 0.2) is 53.9 Å². The number of allylic oxidation sites excluding steroid dienone is 5. The van der Waals surface area contributed by atoms with Crippen molar-refractivity contribution in [2.75, 3.05) is 14.2 Å². The molecular weight excluding hydrogens is 809 g/mol. The summed E-state index contributed by atoms with van der Waals surface area (Å²) >= 11 is 0. The van der Waals surface area contributed by atoms with Crippen LogP contribution in [0.1, 0.15) is 139 Å². The molecule has 8 bridgehead atoms. The van der Waals surface area contributed by atoms with Crippen molar-refractivity contribution < 1.29 is 28.7 Å². The quantitative estimate of drug-likeness (QED) is 0.157. The summed E-state index contributed by atoms with van der Waals surface area (Å²) in [5.74, 6) is 1.85. The molecule has 12 rings (SSSR count). The molecule has 8 atom stereocenters. The van der Waals surface area contributed by atoms with Crippen molar-refractivity contribution in [3.8, 4) is 11.3 Å². The maximum absolute atomic E-state index is 14.2. The smallest absolute Gasteiger partial charge is 0.407 e. The maximum Gasteiger partial charge on any atom is 0.407 e. The fraction of sp³-hybridized carbons (Fsp3) is 0.560. The molecule has 64 heavy (non-hydrogen) atoms. The average Bonchev–Trinajstić information content (AvgIpc) is 4.17. The van der Waals surface area contributed by atoms with Gasteiger partial charge in [-0.2, -0.15) is 0 Å². The highest BCUT2D eigenvalue weighted by molar-refractivity contribution is 5.88. The number of carbonyl (C=O) groups is 4. The summed E-state index contributed by atoms with van der Waals surface area (Å²) in [7, 11) is 2.64. The third-order valence-corrected chi connectivity index (χ3v) is 15.0. The Balaban J connectivity index is 0.976. The van der Waals surface area contributed by atoms with E-state index in [1.807, 2.05) is 49.9 Å². The summed E-state index contributed by atoms with van der Waals surface area (Å²) in [6.45, 7) is 7.79. The van der Waals surface area contributed by atoms with Crippen LogP contribution in [-0.2, 0) is 25.5 Å². The predicted octanol–water partition coefficient (Wildman–Crippen LogP) is 8.58. The molecule has 6 unspecified atom stereocenters. The summed E-state index contributed by atoms with van der Waals surface area (Å²) < 4.78 is 9.77. The molecule has 2 aromatic heterocycles. The highest BCUT2D eigenvalue weighted by Gasteiger charge is 2.53. The van der Waals surface area contributed by atoms with Gasteiger partial charge < -0.3 is 39.9 Å². The summed E-state index contributed by atoms with van der Waals surface area (Å²) in [5.41, 5.74) is 9.37. The topological polar surface area (TPSA) is 175 Å². The van der Waals surface area contributed by atoms with Gasteiger partial charge in [0.1, 0.15) is 23.7 Å². The number of piperidine rings is 2. The first kappa shape index (κ1) is 43.6. The number of ether oxygens (including phenoxy) is 2. The van der Waals surface area contributed by atoms with Gasteiger partial charge in [-0.05, 0) is 123 Å². The average molecular weight is 873 g/mol. The van der Waals surface area contributed by atoms with E-state index in [1.165, 1.54) is 36.5 Å². The third-order valence-electron chi connectivity index (χ3n) is 15.0. The van der Waals surface area contributed by atoms with E-state index in [-0.39, 0.29) is 47.8 Å². The largest absolute Gasteiger partial charge is 0.453 e. The number of imidazole rings is 2. The number of aromatic amines is 2. The molecule has 2 aliphatic heterocycles. The van der Waals surface area contributed by atoms with E-state index in [1.54, 1.807) is 0 Å². The molecule has 0 radical (unpaired) electrons. The number of alkyl carbamates (subject to hydrolysis) is 2. The molecule has 4 N–H and O–H groups in total. The zero-order valence-electron chi connectivity index (χ0n) is 38.1. The Morgan fingerprint density at radius 2 is 1.28 bits per heavy atom. The lowest BCUT2D eigenvalue weighted by molar-refractivity contribution is -0.140. The molecule has 7 aliphatic carbocycles. The number of fused-ring (bicyclic) bond motifs is 4. The van der Waals surface area contributed by atoms with Crippen LogP contribution < -0.4 is 10.6 Å². The van der Waals surface area contributed by atoms with Crippen LogP contribution in [0.3, 0.4) is 0 Å². The van der Waals surface area contributed by atoms with Crippen molar-refractivity contribution in [3.05, 3.63) is 82.4 Å². The number of hydrogen-bond acceptors (Lipinski definition) is 8. The lowest BCUT2D eigenvalue weighted by Crippen LogP contribution is -2.54. The van der Waals surface area contributed by atoms with Crippen LogP contribution in [0.25, 0.3) is 22.9 Å². The second-order valence-electron chi connectivity index (χ2n) is 19.6. The number of methoxy groups -OCH3 is 2. The summed E-state index contributed by atoms with van der Waals surface area (Å²) in [5, 5.41) is 5.60. The molecule has 3 aromatic rings. The molecule has 4 amide bonds. The summed E-state index contributed by atoms with van der Waals surface area (Å²) in [6, 6.07) is 5.25. The normalized spacial score (nSPS) is 25.8. The van der Waals surface area contributed by atoms with Crippen LogP contribution in [-0.4, -0.2) is 92.1 Å². The van der Waals surface area contributed by atoms with Crippen molar-refractivity contribution >= 4 is 35.6 Å². The van der Waals surface area contributed by atoms with Gasteiger partial charge in [-0.1, -0.05) is 69.2 Å². The van der Waals surface area contributed by atoms with Gasteiger partial charge in [0.25, 0.3) is 0 Å². The predicted molar refractivity (Wildman–Crippen MR) is 243 cm³/mol. The van der Waals surface area contributed by atoms with E-state index >= 15 is 0 Å². The molecule has 14 heteroatoms. The lowest BCUT2D eigenvalue weighted by Gasteiger charge is -2.37. The second kappa shape index (κ2) is 18.1. The van der Waals surface area contributed by atoms with Gasteiger partial charge in [-0.15, -0.1) is 0 Å². The Labute approximate surface area is 376 Å². The number of H-pyrrole nitrogens is 2. The molecule has 340 valence electrons. The Morgan fingerprint density at radius 1 is 0.719 bits per heavy atom. The van der Waals surface area contributed by atoms with Gasteiger partial charge in [-0.25, -0.2) is 19.6 Å². The maximum atomic E-state index is 14.2. The van der Waals surface area contributed by atoms with Crippen molar-refractivity contribution in [1.82, 2.24) is 40.4 Å². The number of likely N-dealkylation sites (tertiary alicyclic amines) is 2. The number of carbonyl (C=O) groups excluding carboxylic acids is 4. The molecule has 1 aromatic carbocycles. The van der Waals surface area contributed by atoms with Crippen molar-refractivity contribution in [1.29, 1.82) is 0 Å². The number of rotatable bonds is 10. The molecule has 2 saturated carbocycles. The monoisotopic (exact) mass is 872 g/mol. The second-order valence-corrected chi connectivity index (χ2v) is 19.6. The fourth-order valence-corrected chi connectivity index (χ4v) is 11.7. The van der Waals surface area contributed by atoms with Gasteiger partial charge in [0, 0.05) is 17.6 Å². The van der Waals surface area contributed by atoms with Gasteiger partial charge in [0.2, 0.25) is 11.8 Å². The highest BCUT2D eigenvalue weighted by atomic mass is 16.5. The van der Waals surface area contributed by atoms with Gasteiger partial charge in [0.05, 0.1) is 50.1 Å². The summed E-state index contributed by atoms with van der Waals surface area (Å²) in [6.07, 6.45) is 21.0. The Hall–Kier alpha value is -5.66. The van der Waals surface area contributed by atoms with E-state index in [4.69, 9.17) is 19.4 Å². The van der Waals surface area contributed by atoms with Crippen LogP contribution in [0.2, 0.25) is 0 Å². The van der Waals surface area contributed by atoms with Crippen LogP contribution in [0, 0.1) is 23.7 Å². The molecule has 9 aliphatic rings. The zero-order valence-corrected chi connectivity index (χ0v) is 38.1. The summed E-state index contributed by atoms with van der Waals surface area (Å²) in [4.78, 5) is 74.4. The first-order chi connectivity index (χ1) is 30.9. The first-order valence-corrected chi connectivity index (χ1v) is 23.6. The van der Waals surface area contributed by atoms with E-state index in [0.29, 0.717) is 11.8 Å². The number of nitrogens with one attached hydrogen (secondary N) is 4. The Morgan fingerprint density at radius 3 is 1.86 bits per heavy atom. The van der Waals surface area contributed by atoms with Crippen LogP contribution >= 0.6 is 0 Å². The van der Waals surface area contributed by atoms with Crippen LogP contribution in [0.4, 0.5) is 9.59 Å². The van der Waals surface area contributed by atoms with Gasteiger partial charge >= 0.3 is 12.2 Å². The minimum absolute atomic E-state index is 0.0751. The fourth-order valence-electron chi connectivity index (χ4n) is 11.7. The van der Waals surface area contributed by atoms with Gasteiger partial charge in [-0.3, -0.25) is 9.59 Å². The van der Waals surface area contributed by atoms with E-state index < -0.39 is 24.3 Å². The standard InChI is InChI=1S/C50H64N8O6/c1-27(2)41(55-49(61)63-5)47(59)57-35-19-17-33(23-35)43(57)45-51-25-39(53-45)37-22-30-12-14-31(37)10-8-7-9-29-11-15-32(16-13-30)38(21-29)40-26-52-46(54-40)44-34-18-20-36(24-34)58(44)48(60)42(28(3)4)56-50(62)64-6/h8,10,12,14,21-22,25-28,33-36,41-44H,7,9,11,13,15-20,23-24H2,1-6H3,(H,51,53)(H,52,54)(H,55,61)(H,56,62)/t33?,34?,35?,36?,41?,42?,43-,44-/m0/s1. The van der Waals surface area contributed by atoms with E-state index in [0.717, 1.165) is 111 Å². The van der Waals surface area contributed by atoms with Crippen molar-refractivity contribution in [2.24, 2.45) is 23.7 Å². The Kier molecular flexibility index (Phi) is 12.3. The highest BCUT2D eigenvalue weighted by Crippen LogP contribution is 2.52. The third kappa shape index (κ3) is 8.28. The van der Waals surface area contributed by atoms with E-state index in [2.05, 4.69) is 57.0 Å². The number of benzene rings is 1. The number of nitrogens with zero attached hydrogens (tertiary/aromatic N) is 4. The molecule has 4 heterocycles. The number of aromatic nitrogens is 4. The number of hydrogen-bond donors (Lipinski definition) is 4. The first-order valence-electron chi connectivity index (χ1n) is 23.6. The number of aryl methyl sites for hydroxylation is 1. The Bertz CT molecular complexity index is 2370. The SMILES string of the molecule is COC(=O)NC(C(=O)N1C2CCC(C2)[C@H]1c1ncc(C2=C3CCC(=C2)CCC=Cc2ccc(cc2-c2cnc([C@@H]4C5CCC(C5)N4C(=O)C(NC(=O)OC)C(C)C)[nH]2)CC3)[nH]1)C(C)C.